The molecule has 2 aromatic rings. The second-order valence-corrected chi connectivity index (χ2v) is 10.6. The molecule has 0 bridgehead atoms. The monoisotopic (exact) mass is 491 g/mol. The zero-order valence-electron chi connectivity index (χ0n) is 23.9. The Labute approximate surface area is 223 Å². The molecular weight excluding hydrogens is 436 g/mol. The van der Waals surface area contributed by atoms with Crippen LogP contribution in [0.5, 0.6) is 0 Å². The minimum absolute atomic E-state index is 1.18. The van der Waals surface area contributed by atoms with Crippen molar-refractivity contribution in [2.24, 2.45) is 7.05 Å². The first-order valence-electron chi connectivity index (χ1n) is 15.2. The molecule has 2 heteroatoms. The summed E-state index contributed by atoms with van der Waals surface area (Å²) in [5.41, 5.74) is 3.89. The average molecular weight is 492 g/mol. The van der Waals surface area contributed by atoms with E-state index in [1.807, 2.05) is 0 Å². The first-order chi connectivity index (χ1) is 17.7. The molecule has 0 spiro atoms. The van der Waals surface area contributed by atoms with E-state index in [2.05, 4.69) is 91.2 Å². The maximum absolute atomic E-state index is 2.66. The SMILES string of the molecule is CCCCCCCCCCN(CCCCCCCCCC)c1cc[n+](C)c(C=Cc2ccccc2)c1. The van der Waals surface area contributed by atoms with Gasteiger partial charge in [-0.2, -0.15) is 0 Å². The van der Waals surface area contributed by atoms with Crippen LogP contribution in [0.25, 0.3) is 12.2 Å². The third-order valence-electron chi connectivity index (χ3n) is 7.35. The molecule has 0 N–H and O–H groups in total. The van der Waals surface area contributed by atoms with E-state index >= 15 is 0 Å². The molecule has 0 amide bonds. The molecule has 0 unspecified atom stereocenters. The Bertz CT molecular complexity index is 791. The summed E-state index contributed by atoms with van der Waals surface area (Å²) >= 11 is 0. The van der Waals surface area contributed by atoms with Crippen molar-refractivity contribution in [3.05, 3.63) is 59.9 Å². The minimum atomic E-state index is 1.18. The molecule has 1 aromatic heterocycles. The predicted octanol–water partition coefficient (Wildman–Crippen LogP) is 9.77. The summed E-state index contributed by atoms with van der Waals surface area (Å²) in [5.74, 6) is 0. The lowest BCUT2D eigenvalue weighted by Crippen LogP contribution is -2.33. The number of aryl methyl sites for hydroxylation is 1. The Morgan fingerprint density at radius 2 is 1.11 bits per heavy atom. The van der Waals surface area contributed by atoms with Crippen LogP contribution < -0.4 is 9.47 Å². The lowest BCUT2D eigenvalue weighted by atomic mass is 10.1. The van der Waals surface area contributed by atoms with E-state index in [-0.39, 0.29) is 0 Å². The van der Waals surface area contributed by atoms with Crippen LogP contribution >= 0.6 is 0 Å². The normalized spacial score (nSPS) is 11.4. The fourth-order valence-corrected chi connectivity index (χ4v) is 4.93. The number of hydrogen-bond acceptors (Lipinski definition) is 1. The quantitative estimate of drug-likeness (QED) is 0.124. The van der Waals surface area contributed by atoms with Crippen LogP contribution in [0.15, 0.2) is 48.7 Å². The number of rotatable bonds is 21. The summed E-state index contributed by atoms with van der Waals surface area (Å²) in [6.45, 7) is 6.96. The third kappa shape index (κ3) is 13.3. The fraction of sp³-hybridized carbons (Fsp3) is 0.618. The van der Waals surface area contributed by atoms with Gasteiger partial charge in [0.05, 0.1) is 0 Å². The van der Waals surface area contributed by atoms with E-state index in [1.165, 1.54) is 133 Å². The van der Waals surface area contributed by atoms with Crippen molar-refractivity contribution in [1.82, 2.24) is 0 Å². The summed E-state index contributed by atoms with van der Waals surface area (Å²) in [5, 5.41) is 0. The van der Waals surface area contributed by atoms with E-state index in [9.17, 15) is 0 Å². The number of pyridine rings is 1. The second-order valence-electron chi connectivity index (χ2n) is 10.6. The molecule has 0 saturated carbocycles. The number of aromatic nitrogens is 1. The lowest BCUT2D eigenvalue weighted by Gasteiger charge is -2.25. The molecule has 0 saturated heterocycles. The first kappa shape index (κ1) is 30.1. The highest BCUT2D eigenvalue weighted by Gasteiger charge is 2.11. The number of hydrogen-bond donors (Lipinski definition) is 0. The molecular formula is C34H55N2+. The Hall–Kier alpha value is -2.09. The molecule has 2 nitrogen and oxygen atoms in total. The van der Waals surface area contributed by atoms with Gasteiger partial charge in [-0.25, -0.2) is 4.57 Å². The van der Waals surface area contributed by atoms with Crippen molar-refractivity contribution in [2.75, 3.05) is 18.0 Å². The van der Waals surface area contributed by atoms with Crippen molar-refractivity contribution < 1.29 is 4.57 Å². The van der Waals surface area contributed by atoms with Crippen LogP contribution in [0.2, 0.25) is 0 Å². The number of nitrogens with zero attached hydrogens (tertiary/aromatic N) is 2. The molecule has 0 aliphatic rings. The summed E-state index contributed by atoms with van der Waals surface area (Å²) in [4.78, 5) is 2.66. The molecule has 2 rings (SSSR count). The lowest BCUT2D eigenvalue weighted by molar-refractivity contribution is -0.673. The van der Waals surface area contributed by atoms with Crippen molar-refractivity contribution in [2.45, 2.75) is 117 Å². The van der Waals surface area contributed by atoms with Crippen LogP contribution in [0.4, 0.5) is 5.69 Å². The summed E-state index contributed by atoms with van der Waals surface area (Å²) < 4.78 is 2.23. The molecule has 0 aliphatic carbocycles. The zero-order chi connectivity index (χ0) is 25.7. The van der Waals surface area contributed by atoms with Gasteiger partial charge in [-0.3, -0.25) is 0 Å². The van der Waals surface area contributed by atoms with Gasteiger partial charge in [0.1, 0.15) is 7.05 Å². The molecule has 0 atom stereocenters. The van der Waals surface area contributed by atoms with E-state index in [1.54, 1.807) is 0 Å². The minimum Gasteiger partial charge on any atom is -0.371 e. The van der Waals surface area contributed by atoms with Gasteiger partial charge in [0.25, 0.3) is 0 Å². The molecule has 0 aliphatic heterocycles. The Morgan fingerprint density at radius 3 is 1.64 bits per heavy atom. The molecule has 1 aromatic carbocycles. The summed E-state index contributed by atoms with van der Waals surface area (Å²) in [6.07, 6.45) is 28.8. The van der Waals surface area contributed by atoms with Crippen molar-refractivity contribution in [1.29, 1.82) is 0 Å². The topological polar surface area (TPSA) is 7.12 Å². The van der Waals surface area contributed by atoms with Crippen molar-refractivity contribution in [3.63, 3.8) is 0 Å². The van der Waals surface area contributed by atoms with Crippen LogP contribution in [-0.4, -0.2) is 13.1 Å². The Morgan fingerprint density at radius 1 is 0.611 bits per heavy atom. The molecule has 1 heterocycles. The van der Waals surface area contributed by atoms with Gasteiger partial charge in [-0.05, 0) is 24.5 Å². The standard InChI is InChI=1S/C34H55N2/c1-4-6-8-10-12-14-16-21-28-36(29-22-17-15-13-11-9-7-5-2)34-27-30-35(3)33(31-34)26-25-32-23-19-18-20-24-32/h18-20,23-27,30-31H,4-17,21-22,28-29H2,1-3H3/q+1. The highest BCUT2D eigenvalue weighted by molar-refractivity contribution is 5.68. The maximum Gasteiger partial charge on any atom is 0.207 e. The van der Waals surface area contributed by atoms with Gasteiger partial charge in [0, 0.05) is 37.0 Å². The van der Waals surface area contributed by atoms with Gasteiger partial charge >= 0.3 is 0 Å². The first-order valence-corrected chi connectivity index (χ1v) is 15.2. The smallest absolute Gasteiger partial charge is 0.207 e. The van der Waals surface area contributed by atoms with Gasteiger partial charge in [0.15, 0.2) is 6.20 Å². The summed E-state index contributed by atoms with van der Waals surface area (Å²) in [6, 6.07) is 15.3. The van der Waals surface area contributed by atoms with Crippen LogP contribution in [-0.2, 0) is 7.05 Å². The molecule has 200 valence electrons. The van der Waals surface area contributed by atoms with E-state index in [0.717, 1.165) is 0 Å². The van der Waals surface area contributed by atoms with Crippen LogP contribution in [0, 0.1) is 0 Å². The number of benzene rings is 1. The van der Waals surface area contributed by atoms with Gasteiger partial charge < -0.3 is 4.90 Å². The average Bonchev–Trinajstić information content (AvgIpc) is 2.90. The van der Waals surface area contributed by atoms with E-state index in [0.29, 0.717) is 0 Å². The Kier molecular flexibility index (Phi) is 16.8. The van der Waals surface area contributed by atoms with Crippen LogP contribution in [0.3, 0.4) is 0 Å². The van der Waals surface area contributed by atoms with Crippen molar-refractivity contribution in [3.8, 4) is 0 Å². The molecule has 36 heavy (non-hydrogen) atoms. The van der Waals surface area contributed by atoms with E-state index in [4.69, 9.17) is 0 Å². The van der Waals surface area contributed by atoms with E-state index < -0.39 is 0 Å². The third-order valence-corrected chi connectivity index (χ3v) is 7.35. The highest BCUT2D eigenvalue weighted by atomic mass is 15.1. The molecule has 0 fully saturated rings. The number of unbranched alkanes of at least 4 members (excludes halogenated alkanes) is 14. The number of anilines is 1. The maximum atomic E-state index is 2.66. The van der Waals surface area contributed by atoms with Gasteiger partial charge in [0.2, 0.25) is 5.69 Å². The second kappa shape index (κ2) is 20.0. The van der Waals surface area contributed by atoms with Gasteiger partial charge in [-0.15, -0.1) is 0 Å². The fourth-order valence-electron chi connectivity index (χ4n) is 4.93. The predicted molar refractivity (Wildman–Crippen MR) is 160 cm³/mol. The summed E-state index contributed by atoms with van der Waals surface area (Å²) in [7, 11) is 2.15. The Balaban J connectivity index is 1.91. The largest absolute Gasteiger partial charge is 0.371 e. The highest BCUT2D eigenvalue weighted by Crippen LogP contribution is 2.19. The van der Waals surface area contributed by atoms with Gasteiger partial charge in [-0.1, -0.05) is 134 Å². The van der Waals surface area contributed by atoms with Crippen molar-refractivity contribution >= 4 is 17.8 Å². The molecule has 0 radical (unpaired) electrons. The zero-order valence-corrected chi connectivity index (χ0v) is 23.9. The van der Waals surface area contributed by atoms with Crippen LogP contribution in [0.1, 0.15) is 128 Å².